The van der Waals surface area contributed by atoms with Gasteiger partial charge >= 0.3 is 0 Å². The zero-order chi connectivity index (χ0) is 21.2. The highest BCUT2D eigenvalue weighted by molar-refractivity contribution is 7.92. The third-order valence-electron chi connectivity index (χ3n) is 4.36. The first-order chi connectivity index (χ1) is 13.8. The SMILES string of the molecule is CCCn1c(=NC(=O)CS(=O)(=O)c2ccc(F)cc2)sc2c(C)ccc(OC)c21. The van der Waals surface area contributed by atoms with Crippen LogP contribution in [0.25, 0.3) is 10.2 Å². The lowest BCUT2D eigenvalue weighted by molar-refractivity contribution is -0.115. The first kappa shape index (κ1) is 21.2. The molecule has 1 aromatic heterocycles. The number of carbonyl (C=O) groups excluding carboxylic acids is 1. The monoisotopic (exact) mass is 436 g/mol. The van der Waals surface area contributed by atoms with Gasteiger partial charge in [-0.3, -0.25) is 4.79 Å². The topological polar surface area (TPSA) is 77.7 Å². The summed E-state index contributed by atoms with van der Waals surface area (Å²) in [5.74, 6) is -1.43. The summed E-state index contributed by atoms with van der Waals surface area (Å²) in [6.45, 7) is 4.57. The Hall–Kier alpha value is -2.52. The number of sulfone groups is 1. The minimum absolute atomic E-state index is 0.113. The number of aryl methyl sites for hydroxylation is 2. The van der Waals surface area contributed by atoms with Gasteiger partial charge in [-0.25, -0.2) is 12.8 Å². The molecule has 6 nitrogen and oxygen atoms in total. The van der Waals surface area contributed by atoms with E-state index >= 15 is 0 Å². The van der Waals surface area contributed by atoms with E-state index in [-0.39, 0.29) is 4.90 Å². The Balaban J connectivity index is 2.05. The molecule has 0 radical (unpaired) electrons. The summed E-state index contributed by atoms with van der Waals surface area (Å²) in [4.78, 5) is 16.9. The standard InChI is InChI=1S/C20H21FN2O4S2/c1-4-11-23-18-16(27-3)10-5-13(2)19(18)28-20(23)22-17(24)12-29(25,26)15-8-6-14(21)7-9-15/h5-10H,4,11-12H2,1-3H3. The Morgan fingerprint density at radius 2 is 1.90 bits per heavy atom. The molecule has 0 aliphatic heterocycles. The number of ether oxygens (including phenoxy) is 1. The van der Waals surface area contributed by atoms with Gasteiger partial charge < -0.3 is 9.30 Å². The molecule has 1 amide bonds. The molecule has 1 heterocycles. The Kier molecular flexibility index (Phi) is 6.18. The molecular weight excluding hydrogens is 415 g/mol. The van der Waals surface area contributed by atoms with E-state index in [1.54, 1.807) is 7.11 Å². The molecule has 0 saturated carbocycles. The van der Waals surface area contributed by atoms with E-state index in [4.69, 9.17) is 4.74 Å². The normalized spacial score (nSPS) is 12.5. The van der Waals surface area contributed by atoms with Crippen LogP contribution < -0.4 is 9.54 Å². The van der Waals surface area contributed by atoms with E-state index in [9.17, 15) is 17.6 Å². The summed E-state index contributed by atoms with van der Waals surface area (Å²) >= 11 is 1.32. The summed E-state index contributed by atoms with van der Waals surface area (Å²) in [5.41, 5.74) is 1.86. The highest BCUT2D eigenvalue weighted by Gasteiger charge is 2.20. The predicted molar refractivity (Wildman–Crippen MR) is 110 cm³/mol. The summed E-state index contributed by atoms with van der Waals surface area (Å²) in [6, 6.07) is 8.17. The first-order valence-electron chi connectivity index (χ1n) is 8.99. The van der Waals surface area contributed by atoms with Crippen LogP contribution in [0.3, 0.4) is 0 Å². The molecule has 9 heteroatoms. The maximum Gasteiger partial charge on any atom is 0.263 e. The molecule has 0 N–H and O–H groups in total. The zero-order valence-electron chi connectivity index (χ0n) is 16.3. The molecular formula is C20H21FN2O4S2. The average molecular weight is 437 g/mol. The molecule has 0 spiro atoms. The van der Waals surface area contributed by atoms with Gasteiger partial charge in [0.25, 0.3) is 5.91 Å². The maximum absolute atomic E-state index is 13.0. The van der Waals surface area contributed by atoms with Crippen molar-refractivity contribution in [3.63, 3.8) is 0 Å². The number of rotatable bonds is 6. The number of hydrogen-bond donors (Lipinski definition) is 0. The number of amides is 1. The lowest BCUT2D eigenvalue weighted by atomic mass is 10.2. The first-order valence-corrected chi connectivity index (χ1v) is 11.5. The second-order valence-electron chi connectivity index (χ2n) is 6.52. The van der Waals surface area contributed by atoms with Crippen molar-refractivity contribution in [2.24, 2.45) is 4.99 Å². The maximum atomic E-state index is 13.0. The Morgan fingerprint density at radius 3 is 2.52 bits per heavy atom. The molecule has 0 bridgehead atoms. The van der Waals surface area contributed by atoms with Gasteiger partial charge in [-0.05, 0) is 49.2 Å². The molecule has 2 aromatic carbocycles. The minimum Gasteiger partial charge on any atom is -0.495 e. The third kappa shape index (κ3) is 4.40. The van der Waals surface area contributed by atoms with Crippen LogP contribution >= 0.6 is 11.3 Å². The highest BCUT2D eigenvalue weighted by Crippen LogP contribution is 2.30. The van der Waals surface area contributed by atoms with Gasteiger partial charge in [-0.2, -0.15) is 4.99 Å². The van der Waals surface area contributed by atoms with Gasteiger partial charge in [-0.1, -0.05) is 24.3 Å². The molecule has 0 aliphatic carbocycles. The van der Waals surface area contributed by atoms with Crippen molar-refractivity contribution in [3.8, 4) is 5.75 Å². The van der Waals surface area contributed by atoms with Crippen LogP contribution in [0, 0.1) is 12.7 Å². The van der Waals surface area contributed by atoms with Gasteiger partial charge in [0.15, 0.2) is 14.6 Å². The van der Waals surface area contributed by atoms with Crippen LogP contribution in [0.15, 0.2) is 46.3 Å². The summed E-state index contributed by atoms with van der Waals surface area (Å²) < 4.78 is 46.2. The summed E-state index contributed by atoms with van der Waals surface area (Å²) in [6.07, 6.45) is 0.804. The second kappa shape index (κ2) is 8.46. The average Bonchev–Trinajstić information content (AvgIpc) is 3.01. The van der Waals surface area contributed by atoms with Gasteiger partial charge in [0.2, 0.25) is 0 Å². The number of halogens is 1. The molecule has 3 rings (SSSR count). The van der Waals surface area contributed by atoms with Crippen molar-refractivity contribution >= 4 is 37.3 Å². The van der Waals surface area contributed by atoms with E-state index in [2.05, 4.69) is 4.99 Å². The number of carbonyl (C=O) groups is 1. The fourth-order valence-electron chi connectivity index (χ4n) is 2.99. The number of thiazole rings is 1. The summed E-state index contributed by atoms with van der Waals surface area (Å²) in [7, 11) is -2.33. The van der Waals surface area contributed by atoms with Crippen molar-refractivity contribution in [1.29, 1.82) is 0 Å². The number of hydrogen-bond acceptors (Lipinski definition) is 5. The van der Waals surface area contributed by atoms with Crippen molar-refractivity contribution in [1.82, 2.24) is 4.57 Å². The third-order valence-corrected chi connectivity index (χ3v) is 7.19. The minimum atomic E-state index is -3.91. The molecule has 0 saturated heterocycles. The van der Waals surface area contributed by atoms with E-state index in [0.29, 0.717) is 17.1 Å². The lowest BCUT2D eigenvalue weighted by Gasteiger charge is -2.08. The van der Waals surface area contributed by atoms with E-state index in [1.807, 2.05) is 30.5 Å². The Morgan fingerprint density at radius 1 is 1.21 bits per heavy atom. The van der Waals surface area contributed by atoms with E-state index in [0.717, 1.165) is 46.5 Å². The van der Waals surface area contributed by atoms with Crippen molar-refractivity contribution in [2.75, 3.05) is 12.9 Å². The van der Waals surface area contributed by atoms with Crippen LogP contribution in [-0.2, 0) is 21.2 Å². The van der Waals surface area contributed by atoms with Gasteiger partial charge in [0, 0.05) is 6.54 Å². The summed E-state index contributed by atoms with van der Waals surface area (Å²) in [5, 5.41) is 0. The highest BCUT2D eigenvalue weighted by atomic mass is 32.2. The number of aromatic nitrogens is 1. The molecule has 3 aromatic rings. The van der Waals surface area contributed by atoms with E-state index in [1.165, 1.54) is 11.3 Å². The number of fused-ring (bicyclic) bond motifs is 1. The molecule has 0 atom stereocenters. The van der Waals surface area contributed by atoms with Crippen LogP contribution in [0.1, 0.15) is 18.9 Å². The van der Waals surface area contributed by atoms with E-state index < -0.39 is 27.3 Å². The molecule has 0 unspecified atom stereocenters. The van der Waals surface area contributed by atoms with Crippen molar-refractivity contribution in [2.45, 2.75) is 31.7 Å². The van der Waals surface area contributed by atoms with Crippen LogP contribution in [0.4, 0.5) is 4.39 Å². The predicted octanol–water partition coefficient (Wildman–Crippen LogP) is 3.47. The molecule has 0 fully saturated rings. The van der Waals surface area contributed by atoms with Crippen molar-refractivity contribution in [3.05, 3.63) is 52.6 Å². The Labute approximate surface area is 172 Å². The largest absolute Gasteiger partial charge is 0.495 e. The number of benzene rings is 2. The fraction of sp³-hybridized carbons (Fsp3) is 0.300. The quantitative estimate of drug-likeness (QED) is 0.555. The fourth-order valence-corrected chi connectivity index (χ4v) is 5.25. The van der Waals surface area contributed by atoms with Gasteiger partial charge in [0.1, 0.15) is 22.8 Å². The second-order valence-corrected chi connectivity index (χ2v) is 9.48. The number of methoxy groups -OCH3 is 1. The molecule has 29 heavy (non-hydrogen) atoms. The smallest absolute Gasteiger partial charge is 0.263 e. The van der Waals surface area contributed by atoms with Crippen LogP contribution in [-0.4, -0.2) is 31.8 Å². The van der Waals surface area contributed by atoms with Crippen LogP contribution in [0.5, 0.6) is 5.75 Å². The zero-order valence-corrected chi connectivity index (χ0v) is 17.9. The van der Waals surface area contributed by atoms with Gasteiger partial charge in [0.05, 0.1) is 16.7 Å². The van der Waals surface area contributed by atoms with Crippen LogP contribution in [0.2, 0.25) is 0 Å². The molecule has 154 valence electrons. The van der Waals surface area contributed by atoms with Crippen molar-refractivity contribution < 1.29 is 22.3 Å². The number of nitrogens with zero attached hydrogens (tertiary/aromatic N) is 2. The Bertz CT molecular complexity index is 1230. The van der Waals surface area contributed by atoms with Gasteiger partial charge in [-0.15, -0.1) is 0 Å². The lowest BCUT2D eigenvalue weighted by Crippen LogP contribution is -2.21. The molecule has 0 aliphatic rings.